The van der Waals surface area contributed by atoms with Crippen LogP contribution in [0.15, 0.2) is 62.7 Å². The van der Waals surface area contributed by atoms with Crippen molar-refractivity contribution in [3.8, 4) is 11.5 Å². The lowest BCUT2D eigenvalue weighted by atomic mass is 9.78. The number of aromatic hydroxyl groups is 1. The Morgan fingerprint density at radius 3 is 2.32 bits per heavy atom. The average Bonchev–Trinajstić information content (AvgIpc) is 3.59. The fraction of sp³-hybridized carbons (Fsp3) is 0.510. The van der Waals surface area contributed by atoms with E-state index in [1.54, 1.807) is 52.8 Å². The largest absolute Gasteiger partial charge is 0.505 e. The zero-order valence-electron chi connectivity index (χ0n) is 39.4. The van der Waals surface area contributed by atoms with Gasteiger partial charge in [0.1, 0.15) is 28.6 Å². The van der Waals surface area contributed by atoms with Gasteiger partial charge in [-0.25, -0.2) is 4.98 Å². The van der Waals surface area contributed by atoms with Gasteiger partial charge in [0.05, 0.1) is 30.0 Å². The van der Waals surface area contributed by atoms with Crippen LogP contribution in [0.5, 0.6) is 11.5 Å². The number of phenolic OH excluding ortho intramolecular Hbond substituents is 1. The van der Waals surface area contributed by atoms with E-state index in [2.05, 4.69) is 27.3 Å². The SMILES string of the molecule is CO[C@H]1C=CO[C@@]2(C)Oc3c(C)c(=O)c4c(O)c(c5oc6cc(N7CCN(C)CC7)cc(C)c6nc5c4c3C2N=O)NC(=O)C(C)=CC=C[C@H](C)[C@H](O)[C@@H](C)[C@@H](O)[C@@H](C)[C@H](OC(C)=O)[C@@H]1C. The number of aliphatic hydroxyl groups excluding tert-OH is 2. The van der Waals surface area contributed by atoms with E-state index in [1.807, 2.05) is 19.1 Å². The van der Waals surface area contributed by atoms with E-state index in [0.29, 0.717) is 11.1 Å². The second-order valence-corrected chi connectivity index (χ2v) is 18.4. The molecule has 0 spiro atoms. The third-order valence-corrected chi connectivity index (χ3v) is 13.8. The third-order valence-electron chi connectivity index (χ3n) is 13.8. The number of nitrogens with zero attached hydrogens (tertiary/aromatic N) is 4. The van der Waals surface area contributed by atoms with Crippen LogP contribution in [0.1, 0.15) is 71.2 Å². The van der Waals surface area contributed by atoms with Crippen LogP contribution in [0.4, 0.5) is 11.4 Å². The number of nitrogens with one attached hydrogen (secondary N) is 1. The maximum absolute atomic E-state index is 14.5. The first kappa shape index (κ1) is 48.1. The number of fused-ring (bicyclic) bond motifs is 2. The third kappa shape index (κ3) is 8.64. The Morgan fingerprint density at radius 1 is 0.970 bits per heavy atom. The summed E-state index contributed by atoms with van der Waals surface area (Å²) < 4.78 is 31.0. The molecule has 4 heterocycles. The monoisotopic (exact) mass is 911 g/mol. The number of amides is 1. The van der Waals surface area contributed by atoms with Crippen LogP contribution in [0.25, 0.3) is 33.0 Å². The average molecular weight is 912 g/mol. The molecule has 1 aromatic heterocycles. The number of esters is 1. The number of piperazine rings is 1. The quantitative estimate of drug-likeness (QED) is 0.0551. The number of nitroso groups, excluding NO2 is 1. The van der Waals surface area contributed by atoms with Crippen molar-refractivity contribution in [3.05, 3.63) is 80.1 Å². The lowest BCUT2D eigenvalue weighted by molar-refractivity contribution is -0.160. The molecule has 7 rings (SSSR count). The smallest absolute Gasteiger partial charge is 0.302 e. The number of benzene rings is 3. The fourth-order valence-corrected chi connectivity index (χ4v) is 9.60. The van der Waals surface area contributed by atoms with Gasteiger partial charge in [-0.1, -0.05) is 51.1 Å². The van der Waals surface area contributed by atoms with Gasteiger partial charge < -0.3 is 53.8 Å². The van der Waals surface area contributed by atoms with Crippen molar-refractivity contribution in [2.45, 2.75) is 98.6 Å². The molecule has 1 unspecified atom stereocenters. The lowest BCUT2D eigenvalue weighted by Gasteiger charge is -2.38. The number of aromatic nitrogens is 1. The van der Waals surface area contributed by atoms with Crippen molar-refractivity contribution < 1.29 is 48.3 Å². The number of anilines is 2. The summed E-state index contributed by atoms with van der Waals surface area (Å²) in [4.78, 5) is 63.8. The predicted molar refractivity (Wildman–Crippen MR) is 250 cm³/mol. The number of likely N-dealkylation sites (N-methyl/N-ethyl adjacent to an activating group) is 1. The maximum atomic E-state index is 14.5. The van der Waals surface area contributed by atoms with Crippen LogP contribution < -0.4 is 20.4 Å². The van der Waals surface area contributed by atoms with Gasteiger partial charge in [-0.05, 0) is 45.5 Å². The number of hydrogen-bond acceptors (Lipinski definition) is 16. The molecule has 4 aromatic rings. The Hall–Kier alpha value is -5.88. The van der Waals surface area contributed by atoms with Gasteiger partial charge in [0.2, 0.25) is 0 Å². The van der Waals surface area contributed by atoms with Crippen LogP contribution in [0.2, 0.25) is 0 Å². The molecule has 1 fully saturated rings. The maximum Gasteiger partial charge on any atom is 0.302 e. The molecule has 3 aliphatic rings. The first-order valence-corrected chi connectivity index (χ1v) is 22.3. The Bertz CT molecular complexity index is 2720. The highest BCUT2D eigenvalue weighted by Crippen LogP contribution is 2.54. The standard InChI is InChI=1S/C49H61N5O12/c1-23-13-12-14-24(2)48(60)51-39-43(59)35-34(38-46(39)65-33-22-31(21-25(3)37(33)50-38)54-18-16-53(10)17-19-54)36-45(29(7)42(35)58)66-49(9,47(36)52-61)63-20-15-32(62-11)26(4)44(64-30(8)55)28(6)41(57)27(5)40(23)56/h12-15,20-23,26-28,32,40-41,44,47,56-57,59H,16-19H2,1-11H3,(H,51,60)/t23-,26+,27+,28+,32-,40-,41+,44+,47?,49-/m0/s1. The Balaban J connectivity index is 1.47. The zero-order valence-corrected chi connectivity index (χ0v) is 39.4. The van der Waals surface area contributed by atoms with Crippen molar-refractivity contribution in [2.75, 3.05) is 50.6 Å². The highest BCUT2D eigenvalue weighted by molar-refractivity contribution is 6.19. The van der Waals surface area contributed by atoms with Gasteiger partial charge in [-0.15, -0.1) is 4.91 Å². The molecular weight excluding hydrogens is 851 g/mol. The molecule has 17 heteroatoms. The summed E-state index contributed by atoms with van der Waals surface area (Å²) in [5.41, 5.74) is 1.90. The number of methoxy groups -OCH3 is 1. The van der Waals surface area contributed by atoms with Gasteiger partial charge in [0.25, 0.3) is 11.7 Å². The molecule has 4 bridgehead atoms. The summed E-state index contributed by atoms with van der Waals surface area (Å²) in [6.45, 7) is 18.0. The molecule has 1 amide bonds. The van der Waals surface area contributed by atoms with Crippen molar-refractivity contribution in [1.82, 2.24) is 9.88 Å². The van der Waals surface area contributed by atoms with E-state index in [9.17, 15) is 34.6 Å². The first-order chi connectivity index (χ1) is 31.2. The second kappa shape index (κ2) is 18.8. The number of aryl methyl sites for hydroxylation is 1. The number of phenols is 1. The molecule has 0 radical (unpaired) electrons. The Morgan fingerprint density at radius 2 is 1.67 bits per heavy atom. The topological polar surface area (TPSA) is 223 Å². The van der Waals surface area contributed by atoms with E-state index in [-0.39, 0.29) is 50.0 Å². The van der Waals surface area contributed by atoms with Gasteiger partial charge in [0, 0.05) is 105 Å². The Labute approximate surface area is 383 Å². The van der Waals surface area contributed by atoms with E-state index in [0.717, 1.165) is 37.4 Å². The number of ether oxygens (including phenoxy) is 4. The van der Waals surface area contributed by atoms with Crippen molar-refractivity contribution in [1.29, 1.82) is 0 Å². The highest BCUT2D eigenvalue weighted by atomic mass is 16.7. The molecule has 1 saturated heterocycles. The summed E-state index contributed by atoms with van der Waals surface area (Å²) in [5, 5.41) is 41.4. The van der Waals surface area contributed by atoms with Crippen LogP contribution in [-0.2, 0) is 23.8 Å². The Kier molecular flexibility index (Phi) is 13.7. The van der Waals surface area contributed by atoms with E-state index < -0.39 is 83.0 Å². The molecule has 3 aliphatic heterocycles. The number of carbonyl (C=O) groups excluding carboxylic acids is 2. The molecule has 3 aromatic carbocycles. The van der Waals surface area contributed by atoms with Crippen molar-refractivity contribution in [3.63, 3.8) is 0 Å². The molecule has 66 heavy (non-hydrogen) atoms. The van der Waals surface area contributed by atoms with Crippen molar-refractivity contribution in [2.24, 2.45) is 28.8 Å². The first-order valence-electron chi connectivity index (χ1n) is 22.3. The van der Waals surface area contributed by atoms with E-state index in [4.69, 9.17) is 28.3 Å². The van der Waals surface area contributed by atoms with Gasteiger partial charge >= 0.3 is 5.97 Å². The summed E-state index contributed by atoms with van der Waals surface area (Å²) >= 11 is 0. The summed E-state index contributed by atoms with van der Waals surface area (Å²) in [5.74, 6) is -6.20. The molecule has 17 nitrogen and oxygen atoms in total. The number of rotatable bonds is 4. The van der Waals surface area contributed by atoms with Crippen molar-refractivity contribution >= 4 is 56.2 Å². The van der Waals surface area contributed by atoms with E-state index in [1.165, 1.54) is 40.2 Å². The lowest BCUT2D eigenvalue weighted by Crippen LogP contribution is -2.46. The van der Waals surface area contributed by atoms with Gasteiger partial charge in [-0.3, -0.25) is 14.4 Å². The molecular formula is C49H61N5O12. The molecule has 0 saturated carbocycles. The second-order valence-electron chi connectivity index (χ2n) is 18.4. The molecule has 4 N–H and O–H groups in total. The zero-order chi connectivity index (χ0) is 48.1. The minimum atomic E-state index is -1.87. The van der Waals surface area contributed by atoms with Crippen LogP contribution >= 0.6 is 0 Å². The summed E-state index contributed by atoms with van der Waals surface area (Å²) in [6, 6.07) is 2.41. The molecule has 0 aliphatic carbocycles. The minimum absolute atomic E-state index is 0.00513. The fourth-order valence-electron chi connectivity index (χ4n) is 9.60. The predicted octanol–water partition coefficient (Wildman–Crippen LogP) is 6.68. The van der Waals surface area contributed by atoms with Crippen LogP contribution in [-0.4, -0.2) is 108 Å². The molecule has 10 atom stereocenters. The van der Waals surface area contributed by atoms with Gasteiger partial charge in [0.15, 0.2) is 28.4 Å². The van der Waals surface area contributed by atoms with E-state index >= 15 is 0 Å². The van der Waals surface area contributed by atoms with Gasteiger partial charge in [-0.2, -0.15) is 0 Å². The number of aliphatic hydroxyl groups is 2. The normalized spacial score (nSPS) is 29.2. The minimum Gasteiger partial charge on any atom is -0.505 e. The van der Waals surface area contributed by atoms with Crippen LogP contribution in [0, 0.1) is 42.4 Å². The summed E-state index contributed by atoms with van der Waals surface area (Å²) in [6.07, 6.45) is 3.77. The van der Waals surface area contributed by atoms with Crippen LogP contribution in [0.3, 0.4) is 0 Å². The number of hydrogen-bond donors (Lipinski definition) is 4. The number of carbonyl (C=O) groups is 2. The molecule has 354 valence electrons. The number of allylic oxidation sites excluding steroid dienone is 2. The summed E-state index contributed by atoms with van der Waals surface area (Å²) in [7, 11) is 3.53. The highest BCUT2D eigenvalue weighted by Gasteiger charge is 2.52.